The first kappa shape index (κ1) is 11.9. The molecule has 0 saturated heterocycles. The van der Waals surface area contributed by atoms with Gasteiger partial charge in [-0.05, 0) is 33.1 Å². The van der Waals surface area contributed by atoms with Crippen molar-refractivity contribution >= 4 is 0 Å². The molecule has 0 aromatic heterocycles. The van der Waals surface area contributed by atoms with Crippen LogP contribution in [0.2, 0.25) is 0 Å². The Hall–Kier alpha value is -0.0800. The van der Waals surface area contributed by atoms with Crippen LogP contribution in [0.25, 0.3) is 0 Å². The van der Waals surface area contributed by atoms with Crippen LogP contribution in [0.15, 0.2) is 0 Å². The first-order chi connectivity index (χ1) is 5.74. The Kier molecular flexibility index (Phi) is 7.51. The van der Waals surface area contributed by atoms with Gasteiger partial charge in [0.05, 0.1) is 0 Å². The van der Waals surface area contributed by atoms with E-state index in [0.29, 0.717) is 0 Å². The third-order valence-corrected chi connectivity index (χ3v) is 2.30. The molecule has 0 saturated carbocycles. The fourth-order valence-corrected chi connectivity index (χ4v) is 1.35. The molecule has 2 nitrogen and oxygen atoms in total. The van der Waals surface area contributed by atoms with Gasteiger partial charge in [-0.3, -0.25) is 0 Å². The van der Waals surface area contributed by atoms with Crippen molar-refractivity contribution in [3.63, 3.8) is 0 Å². The van der Waals surface area contributed by atoms with Crippen LogP contribution >= 0.6 is 0 Å². The van der Waals surface area contributed by atoms with E-state index in [1.165, 1.54) is 39.1 Å². The van der Waals surface area contributed by atoms with Gasteiger partial charge >= 0.3 is 0 Å². The molecular formula is C10H24N2. The van der Waals surface area contributed by atoms with Gasteiger partial charge in [-0.1, -0.05) is 20.8 Å². The number of nitrogens with zero attached hydrogens (tertiary/aromatic N) is 2. The Balaban J connectivity index is 3.37. The van der Waals surface area contributed by atoms with Crippen molar-refractivity contribution in [3.05, 3.63) is 0 Å². The van der Waals surface area contributed by atoms with Gasteiger partial charge in [0.25, 0.3) is 0 Å². The molecule has 0 rings (SSSR count). The van der Waals surface area contributed by atoms with Crippen molar-refractivity contribution in [3.8, 4) is 0 Å². The van der Waals surface area contributed by atoms with E-state index in [0.717, 1.165) is 0 Å². The molecule has 2 heteroatoms. The van der Waals surface area contributed by atoms with Crippen LogP contribution in [-0.4, -0.2) is 49.6 Å². The van der Waals surface area contributed by atoms with Gasteiger partial charge in [0.15, 0.2) is 0 Å². The van der Waals surface area contributed by atoms with Crippen LogP contribution in [0.4, 0.5) is 0 Å². The van der Waals surface area contributed by atoms with E-state index < -0.39 is 0 Å². The van der Waals surface area contributed by atoms with Gasteiger partial charge < -0.3 is 9.80 Å². The van der Waals surface area contributed by atoms with Crippen molar-refractivity contribution in [1.82, 2.24) is 9.80 Å². The summed E-state index contributed by atoms with van der Waals surface area (Å²) in [6.45, 7) is 12.7. The second-order valence-corrected chi connectivity index (χ2v) is 3.33. The molecule has 0 bridgehead atoms. The van der Waals surface area contributed by atoms with Gasteiger partial charge in [-0.2, -0.15) is 0 Å². The first-order valence-corrected chi connectivity index (χ1v) is 5.15. The molecule has 74 valence electrons. The molecule has 0 fully saturated rings. The number of hydrogen-bond donors (Lipinski definition) is 0. The van der Waals surface area contributed by atoms with Crippen LogP contribution in [0.5, 0.6) is 0 Å². The highest BCUT2D eigenvalue weighted by atomic mass is 15.2. The van der Waals surface area contributed by atoms with Crippen molar-refractivity contribution in [2.75, 3.05) is 39.8 Å². The number of hydrogen-bond acceptors (Lipinski definition) is 2. The SMILES string of the molecule is CCCN(C)CCN(CC)CC. The van der Waals surface area contributed by atoms with E-state index in [-0.39, 0.29) is 0 Å². The third kappa shape index (κ3) is 5.56. The zero-order chi connectivity index (χ0) is 9.40. The van der Waals surface area contributed by atoms with E-state index in [9.17, 15) is 0 Å². The standard InChI is InChI=1S/C10H24N2/c1-5-8-11(4)9-10-12(6-2)7-3/h5-10H2,1-4H3. The summed E-state index contributed by atoms with van der Waals surface area (Å²) in [5.41, 5.74) is 0. The molecule has 0 aliphatic carbocycles. The third-order valence-electron chi connectivity index (χ3n) is 2.30. The lowest BCUT2D eigenvalue weighted by Crippen LogP contribution is -2.33. The van der Waals surface area contributed by atoms with Crippen molar-refractivity contribution in [2.45, 2.75) is 27.2 Å². The summed E-state index contributed by atoms with van der Waals surface area (Å²) in [6, 6.07) is 0. The summed E-state index contributed by atoms with van der Waals surface area (Å²) in [6.07, 6.45) is 1.26. The summed E-state index contributed by atoms with van der Waals surface area (Å²) in [4.78, 5) is 4.87. The fraction of sp³-hybridized carbons (Fsp3) is 1.00. The lowest BCUT2D eigenvalue weighted by molar-refractivity contribution is 0.241. The highest BCUT2D eigenvalue weighted by Gasteiger charge is 2.00. The molecule has 0 aromatic carbocycles. The fourth-order valence-electron chi connectivity index (χ4n) is 1.35. The van der Waals surface area contributed by atoms with E-state index in [1.807, 2.05) is 0 Å². The average molecular weight is 172 g/mol. The molecule has 0 heterocycles. The van der Waals surface area contributed by atoms with Crippen molar-refractivity contribution < 1.29 is 0 Å². The maximum absolute atomic E-state index is 2.46. The second-order valence-electron chi connectivity index (χ2n) is 3.33. The summed E-state index contributed by atoms with van der Waals surface area (Å²) in [5.74, 6) is 0. The van der Waals surface area contributed by atoms with Crippen LogP contribution in [-0.2, 0) is 0 Å². The van der Waals surface area contributed by atoms with Crippen LogP contribution in [0.3, 0.4) is 0 Å². The van der Waals surface area contributed by atoms with Gasteiger partial charge in [0.2, 0.25) is 0 Å². The zero-order valence-corrected chi connectivity index (χ0v) is 9.14. The molecule has 0 atom stereocenters. The molecule has 0 unspecified atom stereocenters. The van der Waals surface area contributed by atoms with Crippen molar-refractivity contribution in [1.29, 1.82) is 0 Å². The highest BCUT2D eigenvalue weighted by Crippen LogP contribution is 1.90. The van der Waals surface area contributed by atoms with E-state index in [4.69, 9.17) is 0 Å². The van der Waals surface area contributed by atoms with Gasteiger partial charge in [-0.15, -0.1) is 0 Å². The monoisotopic (exact) mass is 172 g/mol. The average Bonchev–Trinajstić information content (AvgIpc) is 2.07. The Morgan fingerprint density at radius 1 is 0.833 bits per heavy atom. The quantitative estimate of drug-likeness (QED) is 0.576. The summed E-state index contributed by atoms with van der Waals surface area (Å²) >= 11 is 0. The topological polar surface area (TPSA) is 6.48 Å². The normalized spacial score (nSPS) is 11.5. The predicted molar refractivity (Wildman–Crippen MR) is 55.6 cm³/mol. The summed E-state index contributed by atoms with van der Waals surface area (Å²) < 4.78 is 0. The van der Waals surface area contributed by atoms with Gasteiger partial charge in [-0.25, -0.2) is 0 Å². The van der Waals surface area contributed by atoms with Crippen LogP contribution in [0, 0.1) is 0 Å². The molecule has 0 amide bonds. The maximum atomic E-state index is 2.46. The second kappa shape index (κ2) is 7.56. The number of likely N-dealkylation sites (N-methyl/N-ethyl adjacent to an activating group) is 2. The predicted octanol–water partition coefficient (Wildman–Crippen LogP) is 1.67. The minimum atomic E-state index is 1.18. The minimum Gasteiger partial charge on any atom is -0.305 e. The number of rotatable bonds is 7. The molecule has 0 aliphatic heterocycles. The Morgan fingerprint density at radius 2 is 1.42 bits per heavy atom. The van der Waals surface area contributed by atoms with E-state index in [1.54, 1.807) is 0 Å². The Morgan fingerprint density at radius 3 is 1.83 bits per heavy atom. The van der Waals surface area contributed by atoms with Crippen LogP contribution < -0.4 is 0 Å². The first-order valence-electron chi connectivity index (χ1n) is 5.15. The maximum Gasteiger partial charge on any atom is 0.0109 e. The molecular weight excluding hydrogens is 148 g/mol. The Labute approximate surface area is 77.5 Å². The summed E-state index contributed by atoms with van der Waals surface area (Å²) in [7, 11) is 2.20. The molecule has 0 aromatic rings. The van der Waals surface area contributed by atoms with Gasteiger partial charge in [0.1, 0.15) is 0 Å². The van der Waals surface area contributed by atoms with Crippen molar-refractivity contribution in [2.24, 2.45) is 0 Å². The molecule has 0 N–H and O–H groups in total. The molecule has 12 heavy (non-hydrogen) atoms. The molecule has 0 radical (unpaired) electrons. The van der Waals surface area contributed by atoms with Gasteiger partial charge in [0, 0.05) is 13.1 Å². The summed E-state index contributed by atoms with van der Waals surface area (Å²) in [5, 5.41) is 0. The van der Waals surface area contributed by atoms with E-state index in [2.05, 4.69) is 37.6 Å². The van der Waals surface area contributed by atoms with Crippen LogP contribution in [0.1, 0.15) is 27.2 Å². The lowest BCUT2D eigenvalue weighted by atomic mass is 10.4. The minimum absolute atomic E-state index is 1.18. The smallest absolute Gasteiger partial charge is 0.0109 e. The zero-order valence-electron chi connectivity index (χ0n) is 9.14. The Bertz CT molecular complexity index is 89.8. The molecule has 0 aliphatic rings. The lowest BCUT2D eigenvalue weighted by Gasteiger charge is -2.22. The molecule has 0 spiro atoms. The largest absolute Gasteiger partial charge is 0.305 e. The highest BCUT2D eigenvalue weighted by molar-refractivity contribution is 4.56. The van der Waals surface area contributed by atoms with E-state index >= 15 is 0 Å².